The van der Waals surface area contributed by atoms with Crippen LogP contribution in [0.1, 0.15) is 50.7 Å². The van der Waals surface area contributed by atoms with Gasteiger partial charge in [-0.1, -0.05) is 67.1 Å². The van der Waals surface area contributed by atoms with Crippen molar-refractivity contribution in [2.45, 2.75) is 64.5 Å². The Bertz CT molecular complexity index is 2850. The van der Waals surface area contributed by atoms with Crippen molar-refractivity contribution < 1.29 is 71.9 Å². The zero-order valence-electron chi connectivity index (χ0n) is 51.9. The fraction of sp³-hybridized carbons (Fsp3) is 0.541. The molecule has 0 aromatic heterocycles. The van der Waals surface area contributed by atoms with Gasteiger partial charge in [0.15, 0.2) is 5.78 Å². The van der Waals surface area contributed by atoms with Gasteiger partial charge in [-0.3, -0.25) is 91.6 Å². The molecular weight excluding hydrogens is 1180 g/mol. The van der Waals surface area contributed by atoms with Crippen LogP contribution in [0.2, 0.25) is 0 Å². The van der Waals surface area contributed by atoms with Gasteiger partial charge in [-0.15, -0.1) is 0 Å². The maximum absolute atomic E-state index is 13.7. The molecule has 2 aromatic rings. The van der Waals surface area contributed by atoms with E-state index >= 15 is 0 Å². The second-order valence-corrected chi connectivity index (χ2v) is 22.2. The molecule has 3 aliphatic rings. The molecule has 30 heteroatoms. The minimum absolute atomic E-state index is 0.0303. The number of amides is 12. The predicted octanol–water partition coefficient (Wildman–Crippen LogP) is -5.04. The Labute approximate surface area is 529 Å². The average Bonchev–Trinajstić information content (AvgIpc) is 4.19. The molecule has 12 amide bonds. The van der Waals surface area contributed by atoms with Crippen LogP contribution in [0.5, 0.6) is 0 Å². The topological polar surface area (TPSA) is 376 Å². The van der Waals surface area contributed by atoms with E-state index < -0.39 is 98.0 Å². The molecule has 2 unspecified atom stereocenters. The van der Waals surface area contributed by atoms with E-state index in [4.69, 9.17) is 4.74 Å². The van der Waals surface area contributed by atoms with E-state index in [1.807, 2.05) is 14.7 Å². The van der Waals surface area contributed by atoms with Gasteiger partial charge in [-0.05, 0) is 37.8 Å². The van der Waals surface area contributed by atoms with Gasteiger partial charge >= 0.3 is 0 Å². The van der Waals surface area contributed by atoms with E-state index in [0.29, 0.717) is 90.3 Å². The molecule has 2 aromatic carbocycles. The lowest BCUT2D eigenvalue weighted by atomic mass is 10.1. The molecule has 496 valence electrons. The molecule has 4 atom stereocenters. The summed E-state index contributed by atoms with van der Waals surface area (Å²) >= 11 is 0. The molecule has 2 fully saturated rings. The molecule has 0 saturated carbocycles. The molecule has 0 radical (unpaired) electrons. The van der Waals surface area contributed by atoms with Crippen LogP contribution < -0.4 is 47.9 Å². The number of carbonyl (C=O) groups excluding carboxylic acids is 14. The number of hydrogen-bond acceptors (Lipinski definition) is 19. The summed E-state index contributed by atoms with van der Waals surface area (Å²) < 4.78 is 5.02. The summed E-state index contributed by atoms with van der Waals surface area (Å²) in [6.07, 6.45) is 4.70. The number of imide groups is 1. The van der Waals surface area contributed by atoms with E-state index in [-0.39, 0.29) is 101 Å². The minimum Gasteiger partial charge on any atom is -0.354 e. The quantitative estimate of drug-likeness (QED) is 0.0180. The van der Waals surface area contributed by atoms with E-state index in [0.717, 1.165) is 5.56 Å². The van der Waals surface area contributed by atoms with Gasteiger partial charge < -0.3 is 57.5 Å². The lowest BCUT2D eigenvalue weighted by Gasteiger charge is -2.33. The zero-order chi connectivity index (χ0) is 65.9. The lowest BCUT2D eigenvalue weighted by molar-refractivity contribution is -0.137. The van der Waals surface area contributed by atoms with Crippen molar-refractivity contribution in [2.24, 2.45) is 0 Å². The molecule has 2 saturated heterocycles. The van der Waals surface area contributed by atoms with Crippen LogP contribution in [-0.2, 0) is 84.7 Å². The van der Waals surface area contributed by atoms with E-state index in [1.54, 1.807) is 60.7 Å². The highest BCUT2D eigenvalue weighted by Gasteiger charge is 2.28. The van der Waals surface area contributed by atoms with Crippen LogP contribution in [0.3, 0.4) is 0 Å². The second kappa shape index (κ2) is 40.0. The molecule has 2 bridgehead atoms. The van der Waals surface area contributed by atoms with Gasteiger partial charge in [0.1, 0.15) is 31.2 Å². The van der Waals surface area contributed by atoms with Crippen molar-refractivity contribution in [2.75, 3.05) is 151 Å². The highest BCUT2D eigenvalue weighted by Crippen LogP contribution is 2.12. The number of ether oxygens (including phenoxy) is 1. The number of carbonyl (C=O) groups is 14. The normalized spacial score (nSPS) is 17.0. The number of rotatable bonds is 34. The van der Waals surface area contributed by atoms with Crippen LogP contribution >= 0.6 is 0 Å². The van der Waals surface area contributed by atoms with Gasteiger partial charge in [-0.2, -0.15) is 0 Å². The van der Waals surface area contributed by atoms with Crippen molar-refractivity contribution in [3.05, 3.63) is 83.9 Å². The van der Waals surface area contributed by atoms with Crippen LogP contribution in [-0.4, -0.2) is 275 Å². The van der Waals surface area contributed by atoms with Crippen LogP contribution in [0.15, 0.2) is 72.8 Å². The molecule has 91 heavy (non-hydrogen) atoms. The van der Waals surface area contributed by atoms with Gasteiger partial charge in [0.2, 0.25) is 59.1 Å². The minimum atomic E-state index is -1.15. The van der Waals surface area contributed by atoms with Crippen molar-refractivity contribution in [3.63, 3.8) is 0 Å². The van der Waals surface area contributed by atoms with E-state index in [1.165, 1.54) is 30.9 Å². The van der Waals surface area contributed by atoms with Crippen LogP contribution in [0.4, 0.5) is 0 Å². The van der Waals surface area contributed by atoms with Gasteiger partial charge in [0, 0.05) is 116 Å². The molecule has 30 nitrogen and oxygen atoms in total. The monoisotopic (exact) mass is 1270 g/mol. The van der Waals surface area contributed by atoms with Gasteiger partial charge in [0.05, 0.1) is 52.4 Å². The van der Waals surface area contributed by atoms with Crippen molar-refractivity contribution in [1.82, 2.24) is 77.3 Å². The Morgan fingerprint density at radius 3 is 1.32 bits per heavy atom. The van der Waals surface area contributed by atoms with E-state index in [2.05, 4.69) is 57.7 Å². The van der Waals surface area contributed by atoms with Crippen molar-refractivity contribution >= 4 is 82.5 Å². The number of Topliss-reactive ketones (excluding diaryl/α,β-unsaturated/α-hetero) is 2. The van der Waals surface area contributed by atoms with Crippen molar-refractivity contribution in [1.29, 1.82) is 0 Å². The summed E-state index contributed by atoms with van der Waals surface area (Å²) in [6, 6.07) is 15.5. The Balaban J connectivity index is 1.16. The zero-order valence-corrected chi connectivity index (χ0v) is 51.9. The molecule has 0 aliphatic carbocycles. The van der Waals surface area contributed by atoms with Gasteiger partial charge in [0.25, 0.3) is 11.8 Å². The van der Waals surface area contributed by atoms with Crippen molar-refractivity contribution in [3.8, 4) is 0 Å². The standard InChI is InChI=1S/C61H87N15O15/c1-44(77)34-66-60(89)48(32-46-12-6-3-7-13-46)69-53(82)38-62-50(79)35-64-55(84)40-73-24-22-71-20-21-72(29-31-75(30-28-71)57(86)16-10-5-11-19-76-58(87)17-18-59(76)88)23-25-74(27-26-73)41-56(85)65-36-51(80)63-39-54(83)70-49(33-47-14-8-4-9-15-47)61(90)67-37-52(81)68-43-91-42-45(2)78/h3-4,6-9,12-15,17-18,48-49H,5,10-11,16,19-43H2,1-2H3,(H,62,79)(H,63,80)(H,64,84)(H,65,85)(H,66,89)(H,67,90)(H,68,81)(H,69,82)(H,70,83)/t48-,49-/m0/s1. The molecule has 3 heterocycles. The molecule has 3 aliphatic heterocycles. The Morgan fingerprint density at radius 1 is 0.440 bits per heavy atom. The third kappa shape index (κ3) is 29.6. The maximum Gasteiger partial charge on any atom is 0.253 e. The Hall–Kier alpha value is -8.84. The fourth-order valence-corrected chi connectivity index (χ4v) is 9.74. The first kappa shape index (κ1) is 72.9. The maximum atomic E-state index is 13.7. The Morgan fingerprint density at radius 2 is 0.846 bits per heavy atom. The number of nitrogens with one attached hydrogen (secondary N) is 9. The molecule has 5 rings (SSSR count). The third-order valence-corrected chi connectivity index (χ3v) is 14.8. The number of hydrogen-bond donors (Lipinski definition) is 9. The molecular formula is C61H87N15O15. The summed E-state index contributed by atoms with van der Waals surface area (Å²) in [4.78, 5) is 189. The molecule has 9 N–H and O–H groups in total. The van der Waals surface area contributed by atoms with E-state index in [9.17, 15) is 67.1 Å². The Kier molecular flexibility index (Phi) is 32.1. The average molecular weight is 1270 g/mol. The SMILES string of the molecule is CC(=O)CNC(=O)[C@H](Cc1ccccc1)NC(=O)CNC(=O)CNC(=O)CN1CCN2CCN(CCN(CC(=O)NCC(=O)NCC(=O)N[C@@H](Cc3ccccc3)C(=O)NCC(=O)NCOCC(C)=O)CC1)CCN(C(=O)CCCCCN1C(=O)C=CC1=O)CC2. The lowest BCUT2D eigenvalue weighted by Crippen LogP contribution is -2.52. The number of unbranched alkanes of at least 4 members (excludes halogenated alkanes) is 2. The predicted molar refractivity (Wildman–Crippen MR) is 329 cm³/mol. The first-order valence-electron chi connectivity index (χ1n) is 30.5. The summed E-state index contributed by atoms with van der Waals surface area (Å²) in [6.45, 7) is 4.95. The highest BCUT2D eigenvalue weighted by atomic mass is 16.5. The third-order valence-electron chi connectivity index (χ3n) is 14.8. The fourth-order valence-electron chi connectivity index (χ4n) is 9.74. The summed E-state index contributed by atoms with van der Waals surface area (Å²) in [5.74, 6) is -6.91. The van der Waals surface area contributed by atoms with Crippen LogP contribution in [0, 0.1) is 0 Å². The first-order valence-corrected chi connectivity index (χ1v) is 30.5. The molecule has 0 spiro atoms. The summed E-state index contributed by atoms with van der Waals surface area (Å²) in [5.41, 5.74) is 1.45. The first-order chi connectivity index (χ1) is 43.7. The number of fused-ring (bicyclic) bond motifs is 3. The number of nitrogens with zero attached hydrogens (tertiary/aromatic N) is 6. The smallest absolute Gasteiger partial charge is 0.253 e. The van der Waals surface area contributed by atoms with Crippen LogP contribution in [0.25, 0.3) is 0 Å². The largest absolute Gasteiger partial charge is 0.354 e. The number of ketones is 2. The van der Waals surface area contributed by atoms with Gasteiger partial charge in [-0.25, -0.2) is 0 Å². The second-order valence-electron chi connectivity index (χ2n) is 22.2. The number of benzene rings is 2. The summed E-state index contributed by atoms with van der Waals surface area (Å²) in [5, 5.41) is 22.7. The highest BCUT2D eigenvalue weighted by molar-refractivity contribution is 6.12. The summed E-state index contributed by atoms with van der Waals surface area (Å²) in [7, 11) is 0.